The van der Waals surface area contributed by atoms with Crippen LogP contribution in [0, 0.1) is 0 Å². The normalized spacial score (nSPS) is 11.5. The Morgan fingerprint density at radius 2 is 2.31 bits per heavy atom. The van der Waals surface area contributed by atoms with E-state index >= 15 is 0 Å². The molecule has 0 aliphatic carbocycles. The highest BCUT2D eigenvalue weighted by atomic mass is 16.3. The minimum absolute atomic E-state index is 0.103. The molecular formula is C10H18N4O2. The Hall–Kier alpha value is -1.43. The first-order valence-corrected chi connectivity index (χ1v) is 5.33. The van der Waals surface area contributed by atoms with Crippen molar-refractivity contribution in [2.45, 2.75) is 39.3 Å². The van der Waals surface area contributed by atoms with Crippen molar-refractivity contribution >= 4 is 5.91 Å². The van der Waals surface area contributed by atoms with Gasteiger partial charge in [0.05, 0.1) is 6.20 Å². The molecular weight excluding hydrogens is 208 g/mol. The molecule has 0 aliphatic rings. The highest BCUT2D eigenvalue weighted by molar-refractivity contribution is 5.75. The zero-order valence-electron chi connectivity index (χ0n) is 9.90. The average Bonchev–Trinajstić information content (AvgIpc) is 2.62. The minimum atomic E-state index is -1.03. The summed E-state index contributed by atoms with van der Waals surface area (Å²) in [5, 5.41) is 20.0. The smallest absolute Gasteiger partial charge is 0.241 e. The van der Waals surface area contributed by atoms with Gasteiger partial charge in [0.2, 0.25) is 5.91 Å². The molecule has 0 saturated carbocycles. The van der Waals surface area contributed by atoms with Crippen molar-refractivity contribution < 1.29 is 9.90 Å². The second kappa shape index (κ2) is 5.07. The molecule has 0 radical (unpaired) electrons. The summed E-state index contributed by atoms with van der Waals surface area (Å²) in [4.78, 5) is 11.4. The van der Waals surface area contributed by atoms with E-state index < -0.39 is 5.60 Å². The highest BCUT2D eigenvalue weighted by Crippen LogP contribution is 2.15. The van der Waals surface area contributed by atoms with Gasteiger partial charge in [0.25, 0.3) is 0 Å². The molecule has 0 unspecified atom stereocenters. The Kier molecular flexibility index (Phi) is 4.00. The second-order valence-corrected chi connectivity index (χ2v) is 4.21. The third kappa shape index (κ3) is 3.62. The van der Waals surface area contributed by atoms with Gasteiger partial charge in [-0.05, 0) is 20.3 Å². The molecule has 16 heavy (non-hydrogen) atoms. The van der Waals surface area contributed by atoms with Crippen LogP contribution < -0.4 is 5.32 Å². The predicted octanol–water partition coefficient (Wildman–Crippen LogP) is 0.0317. The van der Waals surface area contributed by atoms with Gasteiger partial charge in [-0.2, -0.15) is 0 Å². The van der Waals surface area contributed by atoms with E-state index in [2.05, 4.69) is 15.6 Å². The van der Waals surface area contributed by atoms with Crippen LogP contribution in [0.5, 0.6) is 0 Å². The lowest BCUT2D eigenvalue weighted by Gasteiger charge is -2.11. The number of hydrogen-bond donors (Lipinski definition) is 2. The van der Waals surface area contributed by atoms with Crippen molar-refractivity contribution in [3.05, 3.63) is 11.9 Å². The lowest BCUT2D eigenvalue weighted by atomic mass is 10.1. The summed E-state index contributed by atoms with van der Waals surface area (Å²) in [6, 6.07) is 0. The predicted molar refractivity (Wildman–Crippen MR) is 58.6 cm³/mol. The molecule has 0 aromatic carbocycles. The molecule has 90 valence electrons. The van der Waals surface area contributed by atoms with E-state index in [9.17, 15) is 9.90 Å². The van der Waals surface area contributed by atoms with Crippen molar-refractivity contribution in [1.82, 2.24) is 20.3 Å². The lowest BCUT2D eigenvalue weighted by Crippen LogP contribution is -2.28. The van der Waals surface area contributed by atoms with E-state index in [-0.39, 0.29) is 12.5 Å². The fourth-order valence-electron chi connectivity index (χ4n) is 1.12. The van der Waals surface area contributed by atoms with Gasteiger partial charge < -0.3 is 10.4 Å². The zero-order chi connectivity index (χ0) is 12.2. The van der Waals surface area contributed by atoms with Gasteiger partial charge >= 0.3 is 0 Å². The van der Waals surface area contributed by atoms with Crippen LogP contribution in [-0.2, 0) is 16.9 Å². The number of nitrogens with one attached hydrogen (secondary N) is 1. The molecule has 0 saturated heterocycles. The first kappa shape index (κ1) is 12.6. The largest absolute Gasteiger partial charge is 0.384 e. The van der Waals surface area contributed by atoms with E-state index in [1.165, 1.54) is 4.68 Å². The number of carbonyl (C=O) groups is 1. The third-order valence-electron chi connectivity index (χ3n) is 2.04. The SMILES string of the molecule is CCCNC(=O)Cn1cc(C(C)(C)O)nn1. The first-order valence-electron chi connectivity index (χ1n) is 5.33. The van der Waals surface area contributed by atoms with Crippen molar-refractivity contribution in [1.29, 1.82) is 0 Å². The molecule has 1 amide bonds. The van der Waals surface area contributed by atoms with Crippen molar-refractivity contribution in [3.63, 3.8) is 0 Å². The van der Waals surface area contributed by atoms with Crippen molar-refractivity contribution in [3.8, 4) is 0 Å². The van der Waals surface area contributed by atoms with Crippen LogP contribution in [-0.4, -0.2) is 32.6 Å². The maximum Gasteiger partial charge on any atom is 0.241 e. The topological polar surface area (TPSA) is 80.0 Å². The van der Waals surface area contributed by atoms with E-state index in [0.29, 0.717) is 12.2 Å². The summed E-state index contributed by atoms with van der Waals surface area (Å²) in [7, 11) is 0. The molecule has 1 heterocycles. The van der Waals surface area contributed by atoms with E-state index in [1.807, 2.05) is 6.92 Å². The summed E-state index contributed by atoms with van der Waals surface area (Å²) in [6.07, 6.45) is 2.48. The second-order valence-electron chi connectivity index (χ2n) is 4.21. The third-order valence-corrected chi connectivity index (χ3v) is 2.04. The molecule has 0 atom stereocenters. The summed E-state index contributed by atoms with van der Waals surface area (Å²) in [5.74, 6) is -0.103. The van der Waals surface area contributed by atoms with Gasteiger partial charge in [-0.15, -0.1) is 5.10 Å². The fraction of sp³-hybridized carbons (Fsp3) is 0.700. The van der Waals surface area contributed by atoms with Crippen LogP contribution in [0.3, 0.4) is 0 Å². The van der Waals surface area contributed by atoms with E-state index in [0.717, 1.165) is 6.42 Å². The van der Waals surface area contributed by atoms with Crippen molar-refractivity contribution in [2.24, 2.45) is 0 Å². The number of aromatic nitrogens is 3. The van der Waals surface area contributed by atoms with Crippen LogP contribution in [0.25, 0.3) is 0 Å². The van der Waals surface area contributed by atoms with Crippen LogP contribution in [0.15, 0.2) is 6.20 Å². The number of aliphatic hydroxyl groups is 1. The molecule has 6 nitrogen and oxygen atoms in total. The number of amides is 1. The lowest BCUT2D eigenvalue weighted by molar-refractivity contribution is -0.121. The molecule has 6 heteroatoms. The molecule has 2 N–H and O–H groups in total. The summed E-state index contributed by atoms with van der Waals surface area (Å²) in [5.41, 5.74) is -0.575. The maximum atomic E-state index is 11.4. The molecule has 1 aromatic heterocycles. The molecule has 0 aliphatic heterocycles. The fourth-order valence-corrected chi connectivity index (χ4v) is 1.12. The summed E-state index contributed by atoms with van der Waals surface area (Å²) >= 11 is 0. The Balaban J connectivity index is 2.56. The van der Waals surface area contributed by atoms with Gasteiger partial charge in [0.1, 0.15) is 17.8 Å². The Labute approximate surface area is 94.7 Å². The van der Waals surface area contributed by atoms with Gasteiger partial charge in [-0.1, -0.05) is 12.1 Å². The monoisotopic (exact) mass is 226 g/mol. The Morgan fingerprint density at radius 3 is 2.81 bits per heavy atom. The summed E-state index contributed by atoms with van der Waals surface area (Å²) in [6.45, 7) is 6.02. The average molecular weight is 226 g/mol. The van der Waals surface area contributed by atoms with Gasteiger partial charge in [-0.3, -0.25) is 4.79 Å². The molecule has 0 bridgehead atoms. The van der Waals surface area contributed by atoms with Crippen molar-refractivity contribution in [2.75, 3.05) is 6.54 Å². The summed E-state index contributed by atoms with van der Waals surface area (Å²) < 4.78 is 1.41. The quantitative estimate of drug-likeness (QED) is 0.742. The molecule has 1 aromatic rings. The minimum Gasteiger partial charge on any atom is -0.384 e. The molecule has 0 fully saturated rings. The van der Waals surface area contributed by atoms with E-state index in [4.69, 9.17) is 0 Å². The van der Waals surface area contributed by atoms with E-state index in [1.54, 1.807) is 20.0 Å². The number of carbonyl (C=O) groups excluding carboxylic acids is 1. The number of hydrogen-bond acceptors (Lipinski definition) is 4. The molecule has 1 rings (SSSR count). The van der Waals surface area contributed by atoms with Gasteiger partial charge in [-0.25, -0.2) is 4.68 Å². The first-order chi connectivity index (χ1) is 7.43. The maximum absolute atomic E-state index is 11.4. The standard InChI is InChI=1S/C10H18N4O2/c1-4-5-11-9(15)7-14-6-8(12-13-14)10(2,3)16/h6,16H,4-5,7H2,1-3H3,(H,11,15). The van der Waals surface area contributed by atoms with Gasteiger partial charge in [0, 0.05) is 6.54 Å². The zero-order valence-corrected chi connectivity index (χ0v) is 9.90. The Morgan fingerprint density at radius 1 is 1.62 bits per heavy atom. The van der Waals surface area contributed by atoms with Crippen LogP contribution in [0.2, 0.25) is 0 Å². The van der Waals surface area contributed by atoms with Crippen LogP contribution in [0.1, 0.15) is 32.9 Å². The Bertz CT molecular complexity index is 354. The van der Waals surface area contributed by atoms with Gasteiger partial charge in [0.15, 0.2) is 0 Å². The van der Waals surface area contributed by atoms with Crippen LogP contribution in [0.4, 0.5) is 0 Å². The highest BCUT2D eigenvalue weighted by Gasteiger charge is 2.20. The number of nitrogens with zero attached hydrogens (tertiary/aromatic N) is 3. The number of rotatable bonds is 5. The molecule has 0 spiro atoms. The van der Waals surface area contributed by atoms with Crippen LogP contribution >= 0.6 is 0 Å².